The van der Waals surface area contributed by atoms with E-state index in [4.69, 9.17) is 5.26 Å². The fourth-order valence-corrected chi connectivity index (χ4v) is 1.88. The number of carbonyl (C=O) groups is 1. The summed E-state index contributed by atoms with van der Waals surface area (Å²) in [5.41, 5.74) is 3.46. The Balaban J connectivity index is 2.22. The number of hydrogen-bond acceptors (Lipinski definition) is 3. The molecule has 96 valence electrons. The van der Waals surface area contributed by atoms with Gasteiger partial charge in [-0.1, -0.05) is 29.8 Å². The average Bonchev–Trinajstić information content (AvgIpc) is 2.66. The zero-order valence-corrected chi connectivity index (χ0v) is 11.1. The molecule has 0 aromatic heterocycles. The largest absolute Gasteiger partial charge is 0.275 e. The smallest absolute Gasteiger partial charge is 0.267 e. The molecule has 2 rings (SSSR count). The van der Waals surface area contributed by atoms with Crippen LogP contribution in [0.15, 0.2) is 34.9 Å². The van der Waals surface area contributed by atoms with E-state index in [9.17, 15) is 4.79 Å². The summed E-state index contributed by atoms with van der Waals surface area (Å²) < 4.78 is 0. The van der Waals surface area contributed by atoms with Gasteiger partial charge in [0.25, 0.3) is 5.91 Å². The lowest BCUT2D eigenvalue weighted by Crippen LogP contribution is -2.22. The van der Waals surface area contributed by atoms with Crippen LogP contribution in [0.4, 0.5) is 0 Å². The highest BCUT2D eigenvalue weighted by Gasteiger charge is 2.26. The molecule has 4 heteroatoms. The van der Waals surface area contributed by atoms with E-state index in [1.54, 1.807) is 0 Å². The van der Waals surface area contributed by atoms with Crippen molar-refractivity contribution in [2.75, 3.05) is 6.54 Å². The normalized spacial score (nSPS) is 16.7. The molecule has 1 heterocycles. The van der Waals surface area contributed by atoms with Crippen LogP contribution in [-0.4, -0.2) is 23.2 Å². The monoisotopic (exact) mass is 253 g/mol. The van der Waals surface area contributed by atoms with Crippen LogP contribution in [0.2, 0.25) is 0 Å². The summed E-state index contributed by atoms with van der Waals surface area (Å²) in [7, 11) is 0. The van der Waals surface area contributed by atoms with Gasteiger partial charge in [0.05, 0.1) is 30.3 Å². The van der Waals surface area contributed by atoms with Gasteiger partial charge in [0.1, 0.15) is 0 Å². The topological polar surface area (TPSA) is 56.5 Å². The van der Waals surface area contributed by atoms with Gasteiger partial charge in [-0.3, -0.25) is 4.79 Å². The van der Waals surface area contributed by atoms with Crippen LogP contribution in [-0.2, 0) is 4.79 Å². The van der Waals surface area contributed by atoms with Crippen LogP contribution >= 0.6 is 0 Å². The van der Waals surface area contributed by atoms with Crippen molar-refractivity contribution in [2.45, 2.75) is 20.3 Å². The summed E-state index contributed by atoms with van der Waals surface area (Å²) in [6.07, 6.45) is 2.13. The van der Waals surface area contributed by atoms with Gasteiger partial charge in [-0.2, -0.15) is 10.4 Å². The molecule has 0 fully saturated rings. The number of hydrazone groups is 1. The van der Waals surface area contributed by atoms with E-state index in [0.717, 1.165) is 5.56 Å². The van der Waals surface area contributed by atoms with Crippen LogP contribution in [0.5, 0.6) is 0 Å². The van der Waals surface area contributed by atoms with Gasteiger partial charge in [0.15, 0.2) is 0 Å². The highest BCUT2D eigenvalue weighted by atomic mass is 16.2. The van der Waals surface area contributed by atoms with E-state index in [0.29, 0.717) is 24.3 Å². The molecule has 1 aliphatic rings. The molecule has 1 aliphatic heterocycles. The van der Waals surface area contributed by atoms with Crippen molar-refractivity contribution in [3.63, 3.8) is 0 Å². The van der Waals surface area contributed by atoms with E-state index in [1.807, 2.05) is 50.3 Å². The van der Waals surface area contributed by atoms with Crippen molar-refractivity contribution >= 4 is 17.7 Å². The van der Waals surface area contributed by atoms with Gasteiger partial charge in [-0.05, 0) is 25.5 Å². The number of carbonyl (C=O) groups excluding carboxylic acids is 1. The Labute approximate surface area is 112 Å². The van der Waals surface area contributed by atoms with E-state index in [1.165, 1.54) is 10.6 Å². The summed E-state index contributed by atoms with van der Waals surface area (Å²) in [4.78, 5) is 12.1. The van der Waals surface area contributed by atoms with E-state index in [2.05, 4.69) is 5.10 Å². The second-order valence-electron chi connectivity index (χ2n) is 4.49. The number of rotatable bonds is 3. The fourth-order valence-electron chi connectivity index (χ4n) is 1.88. The molecule has 19 heavy (non-hydrogen) atoms. The number of nitriles is 1. The van der Waals surface area contributed by atoms with Gasteiger partial charge in [0.2, 0.25) is 0 Å². The summed E-state index contributed by atoms with van der Waals surface area (Å²) in [5, 5.41) is 14.1. The Morgan fingerprint density at radius 3 is 2.63 bits per heavy atom. The Kier molecular flexibility index (Phi) is 3.76. The van der Waals surface area contributed by atoms with Crippen molar-refractivity contribution < 1.29 is 4.79 Å². The molecule has 0 saturated carbocycles. The van der Waals surface area contributed by atoms with Crippen molar-refractivity contribution in [1.82, 2.24) is 5.01 Å². The molecule has 0 radical (unpaired) electrons. The van der Waals surface area contributed by atoms with Crippen molar-refractivity contribution in [3.05, 3.63) is 41.0 Å². The van der Waals surface area contributed by atoms with Crippen molar-refractivity contribution in [3.8, 4) is 6.07 Å². The highest BCUT2D eigenvalue weighted by molar-refractivity contribution is 6.26. The molecule has 0 bridgehead atoms. The Hall–Kier alpha value is -2.41. The highest BCUT2D eigenvalue weighted by Crippen LogP contribution is 2.18. The zero-order chi connectivity index (χ0) is 13.8. The van der Waals surface area contributed by atoms with E-state index < -0.39 is 0 Å². The van der Waals surface area contributed by atoms with E-state index >= 15 is 0 Å². The number of amides is 1. The van der Waals surface area contributed by atoms with Gasteiger partial charge >= 0.3 is 0 Å². The maximum Gasteiger partial charge on any atom is 0.275 e. The van der Waals surface area contributed by atoms with Gasteiger partial charge < -0.3 is 0 Å². The minimum atomic E-state index is -0.131. The van der Waals surface area contributed by atoms with Gasteiger partial charge in [0, 0.05) is 0 Å². The second kappa shape index (κ2) is 5.49. The zero-order valence-electron chi connectivity index (χ0n) is 11.1. The molecule has 1 amide bonds. The molecule has 4 nitrogen and oxygen atoms in total. The van der Waals surface area contributed by atoms with Crippen LogP contribution in [0.25, 0.3) is 6.08 Å². The molecule has 0 saturated heterocycles. The number of hydrogen-bond donors (Lipinski definition) is 0. The van der Waals surface area contributed by atoms with Crippen LogP contribution < -0.4 is 0 Å². The Bertz CT molecular complexity index is 591. The molecule has 0 atom stereocenters. The molecule has 0 spiro atoms. The second-order valence-corrected chi connectivity index (χ2v) is 4.49. The molecule has 1 aromatic rings. The summed E-state index contributed by atoms with van der Waals surface area (Å²) in [5.74, 6) is -0.131. The first-order chi connectivity index (χ1) is 9.11. The number of aryl methyl sites for hydroxylation is 1. The first-order valence-electron chi connectivity index (χ1n) is 6.14. The molecule has 0 N–H and O–H groups in total. The standard InChI is InChI=1S/C15H15N3O/c1-11-4-6-13(7-5-11)10-14-12(2)17-18(15(14)19)9-3-8-16/h4-7,10H,3,9H2,1-2H3/b14-10+. The third-order valence-corrected chi connectivity index (χ3v) is 2.95. The molecule has 1 aromatic carbocycles. The maximum absolute atomic E-state index is 12.1. The first-order valence-corrected chi connectivity index (χ1v) is 6.14. The van der Waals surface area contributed by atoms with Crippen molar-refractivity contribution in [1.29, 1.82) is 5.26 Å². The van der Waals surface area contributed by atoms with Gasteiger partial charge in [-0.15, -0.1) is 0 Å². The van der Waals surface area contributed by atoms with Gasteiger partial charge in [-0.25, -0.2) is 5.01 Å². The average molecular weight is 253 g/mol. The van der Waals surface area contributed by atoms with Crippen LogP contribution in [0, 0.1) is 18.3 Å². The third kappa shape index (κ3) is 2.89. The minimum Gasteiger partial charge on any atom is -0.267 e. The summed E-state index contributed by atoms with van der Waals surface area (Å²) >= 11 is 0. The quantitative estimate of drug-likeness (QED) is 0.777. The minimum absolute atomic E-state index is 0.131. The molecule has 0 unspecified atom stereocenters. The number of benzene rings is 1. The maximum atomic E-state index is 12.1. The van der Waals surface area contributed by atoms with E-state index in [-0.39, 0.29) is 5.91 Å². The summed E-state index contributed by atoms with van der Waals surface area (Å²) in [6.45, 7) is 4.18. The first kappa shape index (κ1) is 13.0. The van der Waals surface area contributed by atoms with Crippen LogP contribution in [0.1, 0.15) is 24.5 Å². The molecular formula is C15H15N3O. The fraction of sp³-hybridized carbons (Fsp3) is 0.267. The van der Waals surface area contributed by atoms with Crippen molar-refractivity contribution in [2.24, 2.45) is 5.10 Å². The lowest BCUT2D eigenvalue weighted by Gasteiger charge is -2.08. The summed E-state index contributed by atoms with van der Waals surface area (Å²) in [6, 6.07) is 9.98. The Morgan fingerprint density at radius 1 is 1.32 bits per heavy atom. The lowest BCUT2D eigenvalue weighted by atomic mass is 10.1. The Morgan fingerprint density at radius 2 is 2.00 bits per heavy atom. The molecule has 0 aliphatic carbocycles. The third-order valence-electron chi connectivity index (χ3n) is 2.95. The predicted octanol–water partition coefficient (Wildman–Crippen LogP) is 2.51. The lowest BCUT2D eigenvalue weighted by molar-refractivity contribution is -0.125. The SMILES string of the molecule is CC1=NN(CCC#N)C(=O)/C1=C/c1ccc(C)cc1. The molecular weight excluding hydrogens is 238 g/mol. The predicted molar refractivity (Wildman–Crippen MR) is 74.2 cm³/mol. The van der Waals surface area contributed by atoms with Crippen LogP contribution in [0.3, 0.4) is 0 Å². The number of nitrogens with zero attached hydrogens (tertiary/aromatic N) is 3.